The number of hydrogen-bond donors (Lipinski definition) is 3. The summed E-state index contributed by atoms with van der Waals surface area (Å²) in [5.74, 6) is -1.19. The van der Waals surface area contributed by atoms with Gasteiger partial charge in [-0.1, -0.05) is 26.3 Å². The second-order valence-corrected chi connectivity index (χ2v) is 12.1. The van der Waals surface area contributed by atoms with E-state index in [0.29, 0.717) is 24.9 Å². The number of Topliss-reactive ketones (excluding diaryl/α,β-unsaturated/α-hetero) is 1. The lowest BCUT2D eigenvalue weighted by Crippen LogP contribution is -2.63. The molecule has 7 nitrogen and oxygen atoms in total. The number of allylic oxidation sites excluding steroid dienone is 1. The van der Waals surface area contributed by atoms with Gasteiger partial charge in [0.2, 0.25) is 5.95 Å². The predicted octanol–water partition coefficient (Wildman–Crippen LogP) is 3.10. The number of aliphatic hydroxyl groups is 3. The van der Waals surface area contributed by atoms with Crippen LogP contribution in [0.3, 0.4) is 0 Å². The highest BCUT2D eigenvalue weighted by Gasteiger charge is 2.70. The van der Waals surface area contributed by atoms with Crippen LogP contribution in [0, 0.1) is 40.4 Å². The molecule has 0 bridgehead atoms. The fourth-order valence-electron chi connectivity index (χ4n) is 8.96. The first-order valence-electron chi connectivity index (χ1n) is 13.0. The van der Waals surface area contributed by atoms with Crippen LogP contribution in [0.15, 0.2) is 30.1 Å². The van der Waals surface area contributed by atoms with Crippen molar-refractivity contribution in [1.82, 2.24) is 14.8 Å². The minimum atomic E-state index is -1.63. The number of aromatic nitrogens is 3. The van der Waals surface area contributed by atoms with Crippen molar-refractivity contribution in [1.29, 1.82) is 0 Å². The van der Waals surface area contributed by atoms with Crippen molar-refractivity contribution >= 4 is 11.9 Å². The Bertz CT molecular complexity index is 1280. The van der Waals surface area contributed by atoms with Gasteiger partial charge in [0.15, 0.2) is 5.78 Å². The molecular weight excluding hydrogens is 461 g/mol. The van der Waals surface area contributed by atoms with E-state index in [1.807, 2.05) is 13.8 Å². The molecule has 6 unspecified atom stereocenters. The van der Waals surface area contributed by atoms with Crippen LogP contribution in [0.2, 0.25) is 0 Å². The van der Waals surface area contributed by atoms with Crippen LogP contribution in [0.25, 0.3) is 11.8 Å². The third kappa shape index (κ3) is 2.86. The molecule has 3 saturated carbocycles. The summed E-state index contributed by atoms with van der Waals surface area (Å²) < 4.78 is 16.1. The fourth-order valence-corrected chi connectivity index (χ4v) is 8.96. The van der Waals surface area contributed by atoms with Crippen molar-refractivity contribution < 1.29 is 24.5 Å². The summed E-state index contributed by atoms with van der Waals surface area (Å²) in [5.41, 5.74) is 0.699. The van der Waals surface area contributed by atoms with Gasteiger partial charge < -0.3 is 15.3 Å². The van der Waals surface area contributed by atoms with Crippen LogP contribution in [-0.2, 0) is 11.2 Å². The van der Waals surface area contributed by atoms with Crippen molar-refractivity contribution in [2.75, 3.05) is 6.61 Å². The van der Waals surface area contributed by atoms with E-state index in [1.54, 1.807) is 23.0 Å². The summed E-state index contributed by atoms with van der Waals surface area (Å²) in [5, 5.41) is 37.5. The quantitative estimate of drug-likeness (QED) is 0.565. The summed E-state index contributed by atoms with van der Waals surface area (Å²) in [6.07, 6.45) is 8.03. The lowest BCUT2D eigenvalue weighted by molar-refractivity contribution is -0.186. The summed E-state index contributed by atoms with van der Waals surface area (Å²) in [6.45, 7) is 5.36. The number of aliphatic hydroxyl groups excluding tert-OH is 2. The van der Waals surface area contributed by atoms with Gasteiger partial charge in [0.1, 0.15) is 17.9 Å². The highest BCUT2D eigenvalue weighted by Crippen LogP contribution is 2.68. The molecule has 3 N–H and O–H groups in total. The van der Waals surface area contributed by atoms with Crippen molar-refractivity contribution in [2.45, 2.75) is 64.6 Å². The average molecular weight is 496 g/mol. The smallest absolute Gasteiger partial charge is 0.238 e. The van der Waals surface area contributed by atoms with E-state index < -0.39 is 35.5 Å². The molecule has 0 spiro atoms. The standard InChI is InChI=1S/C28H34FN3O4/c1-15-9-19-18-7-6-17-10-21-16(13-31-32(21)20-5-4-8-30-25(20)29)11-26(17,2)24(18)22(34)12-27(19,3)28(15,36)23(35)14-33/h4-5,8,10,13,15,18-19,22,24,33-34,36H,6-7,9,11-12,14H2,1-3H3/t15-,18?,19?,22?,24?,26?,27?,28+/m1/s1. The number of pyridine rings is 1. The second kappa shape index (κ2) is 7.79. The third-order valence-corrected chi connectivity index (χ3v) is 10.5. The number of ketones is 1. The average Bonchev–Trinajstić information content (AvgIpc) is 3.33. The monoisotopic (exact) mass is 495 g/mol. The molecule has 36 heavy (non-hydrogen) atoms. The Morgan fingerprint density at radius 2 is 2.11 bits per heavy atom. The zero-order chi connectivity index (χ0) is 25.6. The van der Waals surface area contributed by atoms with E-state index in [-0.39, 0.29) is 29.1 Å². The van der Waals surface area contributed by atoms with E-state index in [1.165, 1.54) is 11.8 Å². The maximum Gasteiger partial charge on any atom is 0.238 e. The van der Waals surface area contributed by atoms with Gasteiger partial charge in [-0.3, -0.25) is 4.79 Å². The number of halogens is 1. The number of carbonyl (C=O) groups is 1. The summed E-state index contributed by atoms with van der Waals surface area (Å²) >= 11 is 0. The van der Waals surface area contributed by atoms with Crippen molar-refractivity contribution in [3.8, 4) is 5.69 Å². The van der Waals surface area contributed by atoms with E-state index in [9.17, 15) is 24.5 Å². The SMILES string of the molecule is C[C@@H]1CC2C3CCC4=Cc5c(cnn5-c5cccnc5F)CC4(C)C3C(O)CC2(C)[C@@]1(O)C(=O)CO. The number of fused-ring (bicyclic) bond motifs is 6. The molecule has 0 aromatic carbocycles. The van der Waals surface area contributed by atoms with Gasteiger partial charge in [-0.25, -0.2) is 9.67 Å². The normalized spacial score (nSPS) is 41.1. The van der Waals surface area contributed by atoms with E-state index in [0.717, 1.165) is 24.1 Å². The van der Waals surface area contributed by atoms with Crippen molar-refractivity contribution in [3.63, 3.8) is 0 Å². The Morgan fingerprint density at radius 1 is 1.33 bits per heavy atom. The molecule has 8 heteroatoms. The molecule has 0 amide bonds. The number of carbonyl (C=O) groups excluding carboxylic acids is 1. The highest BCUT2D eigenvalue weighted by molar-refractivity contribution is 5.90. The Labute approximate surface area is 210 Å². The first-order chi connectivity index (χ1) is 17.1. The Morgan fingerprint density at radius 3 is 2.83 bits per heavy atom. The van der Waals surface area contributed by atoms with Gasteiger partial charge in [0.05, 0.1) is 18.0 Å². The lowest BCUT2D eigenvalue weighted by atomic mass is 9.45. The zero-order valence-corrected chi connectivity index (χ0v) is 21.0. The Hall–Kier alpha value is -2.42. The Balaban J connectivity index is 1.39. The number of hydrogen-bond acceptors (Lipinski definition) is 6. The number of nitrogens with zero attached hydrogens (tertiary/aromatic N) is 3. The lowest BCUT2D eigenvalue weighted by Gasteiger charge is -2.60. The van der Waals surface area contributed by atoms with Gasteiger partial charge in [-0.05, 0) is 85.0 Å². The minimum absolute atomic E-state index is 0.0269. The first-order valence-corrected chi connectivity index (χ1v) is 13.0. The third-order valence-electron chi connectivity index (χ3n) is 10.5. The van der Waals surface area contributed by atoms with Crippen LogP contribution in [0.1, 0.15) is 57.7 Å². The zero-order valence-electron chi connectivity index (χ0n) is 21.0. The predicted molar refractivity (Wildman–Crippen MR) is 130 cm³/mol. The second-order valence-electron chi connectivity index (χ2n) is 12.1. The van der Waals surface area contributed by atoms with Gasteiger partial charge in [-0.2, -0.15) is 9.49 Å². The molecule has 2 aromatic heterocycles. The number of rotatable bonds is 3. The van der Waals surface area contributed by atoms with Crippen LogP contribution in [0.4, 0.5) is 4.39 Å². The van der Waals surface area contributed by atoms with Crippen LogP contribution < -0.4 is 0 Å². The maximum atomic E-state index is 14.5. The first kappa shape index (κ1) is 23.9. The van der Waals surface area contributed by atoms with Gasteiger partial charge in [-0.15, -0.1) is 0 Å². The molecule has 0 radical (unpaired) electrons. The molecule has 8 atom stereocenters. The van der Waals surface area contributed by atoms with E-state index in [2.05, 4.69) is 23.1 Å². The largest absolute Gasteiger partial charge is 0.393 e. The van der Waals surface area contributed by atoms with Gasteiger partial charge in [0.25, 0.3) is 0 Å². The molecule has 4 aliphatic rings. The summed E-state index contributed by atoms with van der Waals surface area (Å²) in [4.78, 5) is 16.6. The molecule has 2 aromatic rings. The summed E-state index contributed by atoms with van der Waals surface area (Å²) in [6, 6.07) is 3.36. The highest BCUT2D eigenvalue weighted by atomic mass is 19.1. The molecule has 192 valence electrons. The van der Waals surface area contributed by atoms with E-state index in [4.69, 9.17) is 0 Å². The molecular formula is C28H34FN3O4. The van der Waals surface area contributed by atoms with Crippen LogP contribution >= 0.6 is 0 Å². The fraction of sp³-hybridized carbons (Fsp3) is 0.607. The van der Waals surface area contributed by atoms with Gasteiger partial charge >= 0.3 is 0 Å². The molecule has 6 rings (SSSR count). The van der Waals surface area contributed by atoms with Crippen molar-refractivity contribution in [3.05, 3.63) is 47.3 Å². The van der Waals surface area contributed by atoms with Crippen LogP contribution in [0.5, 0.6) is 0 Å². The Kier molecular flexibility index (Phi) is 5.18. The van der Waals surface area contributed by atoms with Crippen molar-refractivity contribution in [2.24, 2.45) is 34.5 Å². The topological polar surface area (TPSA) is 108 Å². The minimum Gasteiger partial charge on any atom is -0.393 e. The molecule has 0 saturated heterocycles. The van der Waals surface area contributed by atoms with E-state index >= 15 is 0 Å². The maximum absolute atomic E-state index is 14.5. The summed E-state index contributed by atoms with van der Waals surface area (Å²) in [7, 11) is 0. The molecule has 4 aliphatic carbocycles. The molecule has 3 fully saturated rings. The van der Waals surface area contributed by atoms with Crippen LogP contribution in [-0.4, -0.2) is 54.2 Å². The van der Waals surface area contributed by atoms with Gasteiger partial charge in [0, 0.05) is 11.6 Å². The molecule has 2 heterocycles. The molecule has 0 aliphatic heterocycles.